The van der Waals surface area contributed by atoms with Crippen molar-refractivity contribution in [2.75, 3.05) is 0 Å². The molecule has 8 heteroatoms. The fourth-order valence-corrected chi connectivity index (χ4v) is 4.27. The third-order valence-corrected chi connectivity index (χ3v) is 5.60. The third kappa shape index (κ3) is 2.46. The molecule has 3 heterocycles. The van der Waals surface area contributed by atoms with Crippen LogP contribution in [-0.2, 0) is 4.79 Å². The van der Waals surface area contributed by atoms with Crippen LogP contribution in [-0.4, -0.2) is 38.0 Å². The number of aromatic nitrogens is 4. The van der Waals surface area contributed by atoms with Crippen molar-refractivity contribution in [2.45, 2.75) is 37.6 Å². The van der Waals surface area contributed by atoms with Crippen LogP contribution in [0.5, 0.6) is 0 Å². The summed E-state index contributed by atoms with van der Waals surface area (Å²) in [5, 5.41) is 15.1. The minimum Gasteiger partial charge on any atom is -0.306 e. The Morgan fingerprint density at radius 3 is 2.85 bits per heavy atom. The monoisotopic (exact) mass is 360 g/mol. The molecule has 1 aromatic carbocycles. The van der Waals surface area contributed by atoms with Crippen LogP contribution in [0, 0.1) is 12.5 Å². The first-order valence-corrected chi connectivity index (χ1v) is 8.97. The van der Waals surface area contributed by atoms with Gasteiger partial charge in [0.15, 0.2) is 5.82 Å². The normalized spacial score (nSPS) is 23.1. The molecular weight excluding hydrogens is 344 g/mol. The van der Waals surface area contributed by atoms with Crippen molar-refractivity contribution in [3.63, 3.8) is 0 Å². The number of rotatable bonds is 2. The highest BCUT2D eigenvalue weighted by Crippen LogP contribution is 2.43. The van der Waals surface area contributed by atoms with E-state index in [4.69, 9.17) is 16.2 Å². The molecule has 27 heavy (non-hydrogen) atoms. The quantitative estimate of drug-likeness (QED) is 0.707. The van der Waals surface area contributed by atoms with Crippen LogP contribution in [0.3, 0.4) is 0 Å². The Balaban J connectivity index is 1.65. The third-order valence-electron chi connectivity index (χ3n) is 5.60. The van der Waals surface area contributed by atoms with Crippen molar-refractivity contribution in [1.82, 2.24) is 20.5 Å². The molecule has 0 radical (unpaired) electrons. The van der Waals surface area contributed by atoms with Gasteiger partial charge in [-0.3, -0.25) is 9.89 Å². The SMILES string of the molecule is [C-]#[N+]C1C(C2CCC(=O)CC2)=Nc2[nH]ncc2C1c1cccc2nonc12. The maximum atomic E-state index is 11.7. The Hall–Kier alpha value is -3.34. The van der Waals surface area contributed by atoms with Crippen LogP contribution in [0.2, 0.25) is 0 Å². The summed E-state index contributed by atoms with van der Waals surface area (Å²) in [5.41, 5.74) is 3.92. The van der Waals surface area contributed by atoms with Gasteiger partial charge < -0.3 is 4.85 Å². The van der Waals surface area contributed by atoms with E-state index in [-0.39, 0.29) is 11.8 Å². The summed E-state index contributed by atoms with van der Waals surface area (Å²) in [6.45, 7) is 7.92. The second-order valence-electron chi connectivity index (χ2n) is 7.05. The summed E-state index contributed by atoms with van der Waals surface area (Å²) < 4.78 is 4.92. The van der Waals surface area contributed by atoms with Crippen LogP contribution in [0.1, 0.15) is 42.7 Å². The van der Waals surface area contributed by atoms with Crippen LogP contribution >= 0.6 is 0 Å². The fourth-order valence-electron chi connectivity index (χ4n) is 4.27. The van der Waals surface area contributed by atoms with Gasteiger partial charge in [-0.15, -0.1) is 0 Å². The zero-order valence-electron chi connectivity index (χ0n) is 14.4. The molecule has 1 aliphatic carbocycles. The van der Waals surface area contributed by atoms with Crippen molar-refractivity contribution in [3.05, 3.63) is 46.9 Å². The highest BCUT2D eigenvalue weighted by molar-refractivity contribution is 6.00. The van der Waals surface area contributed by atoms with Crippen molar-refractivity contribution >= 4 is 28.3 Å². The number of nitrogens with zero attached hydrogens (tertiary/aromatic N) is 5. The number of ketones is 1. The number of benzene rings is 1. The molecule has 1 N–H and O–H groups in total. The lowest BCUT2D eigenvalue weighted by molar-refractivity contribution is -0.120. The minimum atomic E-state index is -0.462. The smallest absolute Gasteiger partial charge is 0.272 e. The zero-order valence-corrected chi connectivity index (χ0v) is 14.4. The van der Waals surface area contributed by atoms with Crippen LogP contribution < -0.4 is 0 Å². The van der Waals surface area contributed by atoms with E-state index >= 15 is 0 Å². The highest BCUT2D eigenvalue weighted by atomic mass is 16.6. The molecule has 3 aromatic rings. The Kier molecular flexibility index (Phi) is 3.60. The van der Waals surface area contributed by atoms with Gasteiger partial charge in [-0.2, -0.15) is 5.10 Å². The maximum absolute atomic E-state index is 11.7. The van der Waals surface area contributed by atoms with Gasteiger partial charge >= 0.3 is 0 Å². The van der Waals surface area contributed by atoms with Gasteiger partial charge in [-0.1, -0.05) is 12.1 Å². The van der Waals surface area contributed by atoms with Gasteiger partial charge in [0.1, 0.15) is 22.5 Å². The number of hydrogen-bond acceptors (Lipinski definition) is 6. The molecule has 0 saturated heterocycles. The molecule has 2 aromatic heterocycles. The van der Waals surface area contributed by atoms with Gasteiger partial charge in [0.25, 0.3) is 6.04 Å². The number of Topliss-reactive ketones (excluding diaryl/α,β-unsaturated/α-hetero) is 1. The number of H-pyrrole nitrogens is 1. The van der Waals surface area contributed by atoms with Gasteiger partial charge in [0.2, 0.25) is 0 Å². The van der Waals surface area contributed by atoms with E-state index in [0.717, 1.165) is 29.7 Å². The van der Waals surface area contributed by atoms with Crippen LogP contribution in [0.15, 0.2) is 34.0 Å². The first-order chi connectivity index (χ1) is 13.3. The number of carbonyl (C=O) groups excluding carboxylic acids is 1. The largest absolute Gasteiger partial charge is 0.306 e. The molecular formula is C19H16N6O2. The molecule has 0 spiro atoms. The zero-order chi connectivity index (χ0) is 18.4. The first-order valence-electron chi connectivity index (χ1n) is 8.97. The van der Waals surface area contributed by atoms with E-state index < -0.39 is 6.04 Å². The molecule has 1 saturated carbocycles. The maximum Gasteiger partial charge on any atom is 0.272 e. The second-order valence-corrected chi connectivity index (χ2v) is 7.05. The summed E-state index contributed by atoms with van der Waals surface area (Å²) in [6.07, 6.45) is 4.33. The summed E-state index contributed by atoms with van der Waals surface area (Å²) in [7, 11) is 0. The average molecular weight is 360 g/mol. The fraction of sp³-hybridized carbons (Fsp3) is 0.368. The lowest BCUT2D eigenvalue weighted by atomic mass is 9.75. The van der Waals surface area contributed by atoms with Crippen molar-refractivity contribution < 1.29 is 9.42 Å². The second kappa shape index (κ2) is 6.13. The Morgan fingerprint density at radius 2 is 2.04 bits per heavy atom. The molecule has 2 aliphatic rings. The number of hydrogen-bond donors (Lipinski definition) is 1. The van der Waals surface area contributed by atoms with Crippen molar-refractivity contribution in [3.8, 4) is 0 Å². The van der Waals surface area contributed by atoms with Gasteiger partial charge in [-0.05, 0) is 34.8 Å². The molecule has 5 rings (SSSR count). The minimum absolute atomic E-state index is 0.135. The lowest BCUT2D eigenvalue weighted by Crippen LogP contribution is -2.36. The van der Waals surface area contributed by atoms with E-state index in [0.29, 0.717) is 35.5 Å². The number of fused-ring (bicyclic) bond motifs is 2. The lowest BCUT2D eigenvalue weighted by Gasteiger charge is -2.29. The van der Waals surface area contributed by atoms with E-state index in [9.17, 15) is 4.79 Å². The van der Waals surface area contributed by atoms with E-state index in [1.165, 1.54) is 0 Å². The summed E-state index contributed by atoms with van der Waals surface area (Å²) in [5.74, 6) is 0.854. The number of aliphatic imine (C=N–C) groups is 1. The first kappa shape index (κ1) is 15.9. The predicted octanol–water partition coefficient (Wildman–Crippen LogP) is 3.21. The molecule has 1 fully saturated rings. The van der Waals surface area contributed by atoms with Crippen LogP contribution in [0.25, 0.3) is 15.9 Å². The molecule has 2 unspecified atom stereocenters. The molecule has 2 atom stereocenters. The number of nitrogens with one attached hydrogen (secondary N) is 1. The van der Waals surface area contributed by atoms with Crippen LogP contribution in [0.4, 0.5) is 5.82 Å². The predicted molar refractivity (Wildman–Crippen MR) is 96.7 cm³/mol. The number of aromatic amines is 1. The Labute approximate surface area is 154 Å². The average Bonchev–Trinajstić information content (AvgIpc) is 3.36. The summed E-state index contributed by atoms with van der Waals surface area (Å²) >= 11 is 0. The molecule has 0 bridgehead atoms. The van der Waals surface area contributed by atoms with Crippen molar-refractivity contribution in [2.24, 2.45) is 10.9 Å². The molecule has 1 aliphatic heterocycles. The topological polar surface area (TPSA) is 101 Å². The molecule has 0 amide bonds. The summed E-state index contributed by atoms with van der Waals surface area (Å²) in [6, 6.07) is 5.23. The van der Waals surface area contributed by atoms with E-state index in [1.807, 2.05) is 18.2 Å². The summed E-state index contributed by atoms with van der Waals surface area (Å²) in [4.78, 5) is 20.4. The standard InChI is InChI=1S/C19H16N6O2/c1-20-18-15(12-3-2-4-14-17(12)25-27-24-14)13-9-21-23-19(13)22-16(18)10-5-7-11(26)8-6-10/h2-4,9-10,15,18H,5-8H2,(H,21,23). The Bertz CT molecular complexity index is 1090. The highest BCUT2D eigenvalue weighted by Gasteiger charge is 2.44. The molecule has 134 valence electrons. The van der Waals surface area contributed by atoms with Gasteiger partial charge in [0, 0.05) is 24.3 Å². The van der Waals surface area contributed by atoms with Gasteiger partial charge in [0.05, 0.1) is 12.1 Å². The number of carbonyl (C=O) groups is 1. The Morgan fingerprint density at radius 1 is 1.19 bits per heavy atom. The molecule has 8 nitrogen and oxygen atoms in total. The van der Waals surface area contributed by atoms with Crippen molar-refractivity contribution in [1.29, 1.82) is 0 Å². The van der Waals surface area contributed by atoms with Gasteiger partial charge in [-0.25, -0.2) is 16.2 Å². The van der Waals surface area contributed by atoms with E-state index in [2.05, 4.69) is 25.4 Å². The van der Waals surface area contributed by atoms with E-state index in [1.54, 1.807) is 6.20 Å².